The van der Waals surface area contributed by atoms with Crippen LogP contribution in [0.25, 0.3) is 0 Å². The third kappa shape index (κ3) is 4.46. The third-order valence-electron chi connectivity index (χ3n) is 3.71. The predicted octanol–water partition coefficient (Wildman–Crippen LogP) is 3.07. The Bertz CT molecular complexity index is 619. The number of nitrogens with one attached hydrogen (secondary N) is 1. The molecule has 0 fully saturated rings. The number of hydrogen-bond donors (Lipinski definition) is 2. The Morgan fingerprint density at radius 1 is 1.32 bits per heavy atom. The van der Waals surface area contributed by atoms with Gasteiger partial charge in [0, 0.05) is 12.5 Å². The Kier molecular flexibility index (Phi) is 5.39. The van der Waals surface area contributed by atoms with E-state index in [4.69, 9.17) is 4.42 Å². The average molecular weight is 301 g/mol. The minimum absolute atomic E-state index is 0.0344. The van der Waals surface area contributed by atoms with Gasteiger partial charge in [-0.15, -0.1) is 0 Å². The zero-order chi connectivity index (χ0) is 16.1. The van der Waals surface area contributed by atoms with Gasteiger partial charge in [-0.3, -0.25) is 4.79 Å². The van der Waals surface area contributed by atoms with Gasteiger partial charge in [-0.1, -0.05) is 23.8 Å². The Hall–Kier alpha value is -2.07. The van der Waals surface area contributed by atoms with Crippen molar-refractivity contribution in [1.82, 2.24) is 5.32 Å². The van der Waals surface area contributed by atoms with Crippen molar-refractivity contribution in [3.05, 3.63) is 59.0 Å². The number of rotatable bonds is 6. The lowest BCUT2D eigenvalue weighted by atomic mass is 10.0. The van der Waals surface area contributed by atoms with E-state index in [-0.39, 0.29) is 11.9 Å². The monoisotopic (exact) mass is 301 g/mol. The van der Waals surface area contributed by atoms with Crippen LogP contribution < -0.4 is 5.32 Å². The summed E-state index contributed by atoms with van der Waals surface area (Å²) >= 11 is 0. The van der Waals surface area contributed by atoms with Gasteiger partial charge in [0.15, 0.2) is 0 Å². The van der Waals surface area contributed by atoms with E-state index in [9.17, 15) is 9.90 Å². The van der Waals surface area contributed by atoms with E-state index >= 15 is 0 Å². The highest BCUT2D eigenvalue weighted by Gasteiger charge is 2.16. The van der Waals surface area contributed by atoms with Crippen LogP contribution in [0.2, 0.25) is 0 Å². The van der Waals surface area contributed by atoms with E-state index in [1.807, 2.05) is 39.0 Å². The summed E-state index contributed by atoms with van der Waals surface area (Å²) in [6.07, 6.45) is 1.61. The van der Waals surface area contributed by atoms with Crippen LogP contribution in [0.15, 0.2) is 41.0 Å². The van der Waals surface area contributed by atoms with E-state index < -0.39 is 6.10 Å². The molecular formula is C18H23NO3. The number of aliphatic hydroxyl groups is 1. The summed E-state index contributed by atoms with van der Waals surface area (Å²) in [6, 6.07) is 9.45. The van der Waals surface area contributed by atoms with Crippen LogP contribution in [0.4, 0.5) is 0 Å². The van der Waals surface area contributed by atoms with Gasteiger partial charge in [0.1, 0.15) is 11.9 Å². The topological polar surface area (TPSA) is 62.5 Å². The molecule has 2 unspecified atom stereocenters. The Balaban J connectivity index is 1.87. The highest BCUT2D eigenvalue weighted by Crippen LogP contribution is 2.18. The van der Waals surface area contributed by atoms with E-state index in [2.05, 4.69) is 5.32 Å². The molecule has 0 aliphatic rings. The molecule has 0 aliphatic carbocycles. The summed E-state index contributed by atoms with van der Waals surface area (Å²) in [6.45, 7) is 5.91. The molecule has 1 heterocycles. The highest BCUT2D eigenvalue weighted by atomic mass is 16.4. The molecule has 118 valence electrons. The molecule has 2 atom stereocenters. The molecular weight excluding hydrogens is 278 g/mol. The van der Waals surface area contributed by atoms with Gasteiger partial charge in [-0.25, -0.2) is 0 Å². The van der Waals surface area contributed by atoms with E-state index in [1.165, 1.54) is 6.26 Å². The summed E-state index contributed by atoms with van der Waals surface area (Å²) in [4.78, 5) is 12.1. The Morgan fingerprint density at radius 2 is 2.09 bits per heavy atom. The van der Waals surface area contributed by atoms with Crippen molar-refractivity contribution in [1.29, 1.82) is 0 Å². The first-order chi connectivity index (χ1) is 10.5. The predicted molar refractivity (Wildman–Crippen MR) is 85.5 cm³/mol. The molecule has 4 heteroatoms. The molecule has 4 nitrogen and oxygen atoms in total. The number of furan rings is 1. The summed E-state index contributed by atoms with van der Waals surface area (Å²) in [5.41, 5.74) is 3.30. The lowest BCUT2D eigenvalue weighted by Gasteiger charge is -2.17. The second kappa shape index (κ2) is 7.27. The Morgan fingerprint density at radius 3 is 2.77 bits per heavy atom. The van der Waals surface area contributed by atoms with Crippen molar-refractivity contribution in [3.8, 4) is 0 Å². The number of carbonyl (C=O) groups is 1. The van der Waals surface area contributed by atoms with Crippen molar-refractivity contribution < 1.29 is 14.3 Å². The zero-order valence-electron chi connectivity index (χ0n) is 13.3. The van der Waals surface area contributed by atoms with Crippen LogP contribution in [0.5, 0.6) is 0 Å². The molecule has 0 bridgehead atoms. The Labute approximate surface area is 131 Å². The summed E-state index contributed by atoms with van der Waals surface area (Å²) < 4.78 is 5.16. The van der Waals surface area contributed by atoms with Gasteiger partial charge < -0.3 is 14.8 Å². The fraction of sp³-hybridized carbons (Fsp3) is 0.389. The number of amides is 1. The summed E-state index contributed by atoms with van der Waals surface area (Å²) in [5, 5.41) is 12.9. The van der Waals surface area contributed by atoms with Crippen molar-refractivity contribution >= 4 is 5.91 Å². The molecule has 1 amide bonds. The second-order valence-corrected chi connectivity index (χ2v) is 5.84. The molecule has 0 spiro atoms. The van der Waals surface area contributed by atoms with Crippen LogP contribution in [0.1, 0.15) is 41.9 Å². The first-order valence-electron chi connectivity index (χ1n) is 7.52. The molecule has 0 aliphatic heterocycles. The normalized spacial score (nSPS) is 13.6. The summed E-state index contributed by atoms with van der Waals surface area (Å²) in [7, 11) is 0. The first-order valence-corrected chi connectivity index (χ1v) is 7.52. The van der Waals surface area contributed by atoms with Crippen molar-refractivity contribution in [2.45, 2.75) is 45.8 Å². The van der Waals surface area contributed by atoms with Gasteiger partial charge >= 0.3 is 0 Å². The van der Waals surface area contributed by atoms with Crippen LogP contribution >= 0.6 is 0 Å². The lowest BCUT2D eigenvalue weighted by molar-refractivity contribution is -0.121. The fourth-order valence-corrected chi connectivity index (χ4v) is 2.48. The molecule has 1 aromatic carbocycles. The molecule has 0 radical (unpaired) electrons. The number of carbonyl (C=O) groups excluding carboxylic acids is 1. The fourth-order valence-electron chi connectivity index (χ4n) is 2.48. The van der Waals surface area contributed by atoms with Crippen molar-refractivity contribution in [2.75, 3.05) is 0 Å². The molecule has 22 heavy (non-hydrogen) atoms. The summed E-state index contributed by atoms with van der Waals surface area (Å²) in [5.74, 6) is 0.489. The lowest BCUT2D eigenvalue weighted by Crippen LogP contribution is -2.34. The number of aryl methyl sites for hydroxylation is 2. The first kappa shape index (κ1) is 16.3. The second-order valence-electron chi connectivity index (χ2n) is 5.84. The molecule has 2 aromatic rings. The smallest absolute Gasteiger partial charge is 0.224 e. The minimum Gasteiger partial charge on any atom is -0.467 e. The standard InChI is InChI=1S/C18H23NO3/c1-12-6-7-13(2)15(9-12)11-18(21)19-14(3)10-16(20)17-5-4-8-22-17/h4-9,14,16,20H,10-11H2,1-3H3,(H,19,21). The maximum absolute atomic E-state index is 12.1. The number of benzene rings is 1. The van der Waals surface area contributed by atoms with Crippen molar-refractivity contribution in [2.24, 2.45) is 0 Å². The van der Waals surface area contributed by atoms with E-state index in [1.54, 1.807) is 12.1 Å². The van der Waals surface area contributed by atoms with Crippen LogP contribution in [-0.2, 0) is 11.2 Å². The molecule has 0 saturated heterocycles. The molecule has 1 aromatic heterocycles. The van der Waals surface area contributed by atoms with Crippen molar-refractivity contribution in [3.63, 3.8) is 0 Å². The van der Waals surface area contributed by atoms with Gasteiger partial charge in [0.05, 0.1) is 12.7 Å². The van der Waals surface area contributed by atoms with Gasteiger partial charge in [0.25, 0.3) is 0 Å². The van der Waals surface area contributed by atoms with Gasteiger partial charge in [-0.05, 0) is 44.0 Å². The molecule has 2 rings (SSSR count). The quantitative estimate of drug-likeness (QED) is 0.862. The molecule has 2 N–H and O–H groups in total. The third-order valence-corrected chi connectivity index (χ3v) is 3.71. The van der Waals surface area contributed by atoms with E-state index in [0.717, 1.165) is 16.7 Å². The minimum atomic E-state index is -0.703. The SMILES string of the molecule is Cc1ccc(C)c(CC(=O)NC(C)CC(O)c2ccco2)c1. The largest absolute Gasteiger partial charge is 0.467 e. The zero-order valence-corrected chi connectivity index (χ0v) is 13.3. The highest BCUT2D eigenvalue weighted by molar-refractivity contribution is 5.79. The number of aliphatic hydroxyl groups excluding tert-OH is 1. The maximum Gasteiger partial charge on any atom is 0.224 e. The average Bonchev–Trinajstić information content (AvgIpc) is 2.96. The van der Waals surface area contributed by atoms with E-state index in [0.29, 0.717) is 18.6 Å². The van der Waals surface area contributed by atoms with Crippen LogP contribution in [0, 0.1) is 13.8 Å². The molecule has 0 saturated carbocycles. The van der Waals surface area contributed by atoms with Gasteiger partial charge in [0.2, 0.25) is 5.91 Å². The van der Waals surface area contributed by atoms with Crippen LogP contribution in [-0.4, -0.2) is 17.1 Å². The van der Waals surface area contributed by atoms with Gasteiger partial charge in [-0.2, -0.15) is 0 Å². The maximum atomic E-state index is 12.1. The number of hydrogen-bond acceptors (Lipinski definition) is 3. The van der Waals surface area contributed by atoms with Crippen LogP contribution in [0.3, 0.4) is 0 Å².